The van der Waals surface area contributed by atoms with Crippen LogP contribution in [0.5, 0.6) is 5.75 Å². The van der Waals surface area contributed by atoms with E-state index in [1.165, 1.54) is 25.3 Å². The van der Waals surface area contributed by atoms with Crippen LogP contribution in [0, 0.1) is 0 Å². The quantitative estimate of drug-likeness (QED) is 0.808. The van der Waals surface area contributed by atoms with Crippen molar-refractivity contribution in [1.82, 2.24) is 4.72 Å². The van der Waals surface area contributed by atoms with Gasteiger partial charge in [-0.15, -0.1) is 0 Å². The maximum absolute atomic E-state index is 11.8. The number of aliphatic carboxylic acids is 1. The first-order chi connectivity index (χ1) is 8.27. The van der Waals surface area contributed by atoms with Crippen molar-refractivity contribution >= 4 is 27.6 Å². The first-order valence-electron chi connectivity index (χ1n) is 4.84. The Kier molecular flexibility index (Phi) is 4.55. The van der Waals surface area contributed by atoms with E-state index in [4.69, 9.17) is 16.3 Å². The van der Waals surface area contributed by atoms with Crippen molar-refractivity contribution < 1.29 is 23.1 Å². The molecule has 1 rings (SSSR count). The third-order valence-electron chi connectivity index (χ3n) is 2.12. The lowest BCUT2D eigenvalue weighted by Gasteiger charge is -2.15. The number of carbonyl (C=O) groups is 1. The van der Waals surface area contributed by atoms with Crippen LogP contribution in [0.25, 0.3) is 0 Å². The summed E-state index contributed by atoms with van der Waals surface area (Å²) in [6.07, 6.45) is 0. The Morgan fingerprint density at radius 2 is 2.11 bits per heavy atom. The Hall–Kier alpha value is -1.31. The van der Waals surface area contributed by atoms with Crippen LogP contribution in [0.1, 0.15) is 6.92 Å². The molecule has 0 fully saturated rings. The Bertz CT molecular complexity index is 557. The molecule has 18 heavy (non-hydrogen) atoms. The summed E-state index contributed by atoms with van der Waals surface area (Å²) in [4.78, 5) is 10.3. The van der Waals surface area contributed by atoms with E-state index >= 15 is 0 Å². The van der Waals surface area contributed by atoms with Gasteiger partial charge in [0.1, 0.15) is 5.75 Å². The van der Waals surface area contributed by atoms with E-state index < -0.39 is 22.0 Å². The monoisotopic (exact) mass is 292 g/mol. The molecule has 1 aromatic carbocycles. The number of hydrogen-bond acceptors (Lipinski definition) is 5. The zero-order valence-corrected chi connectivity index (χ0v) is 11.2. The molecule has 0 bridgehead atoms. The number of methoxy groups -OCH3 is 1. The van der Waals surface area contributed by atoms with Crippen LogP contribution in [-0.2, 0) is 14.8 Å². The third-order valence-corrected chi connectivity index (χ3v) is 3.95. The van der Waals surface area contributed by atoms with Crippen LogP contribution in [0.3, 0.4) is 0 Å². The second kappa shape index (κ2) is 5.55. The smallest absolute Gasteiger partial charge is 0.241 e. The SMILES string of the molecule is COc1ccc(S(=O)(=O)N[C@@H](C)C(=O)[O-])cc1Cl. The number of carboxylic acid groups (broad SMARTS) is 1. The maximum atomic E-state index is 11.8. The molecule has 8 heteroatoms. The predicted molar refractivity (Wildman–Crippen MR) is 62.8 cm³/mol. The summed E-state index contributed by atoms with van der Waals surface area (Å²) in [5.74, 6) is -1.19. The molecular formula is C10H11ClNO5S-. The predicted octanol–water partition coefficient (Wildman–Crippen LogP) is -0.235. The number of ether oxygens (including phenoxy) is 1. The highest BCUT2D eigenvalue weighted by molar-refractivity contribution is 7.89. The molecule has 0 heterocycles. The van der Waals surface area contributed by atoms with Crippen LogP contribution in [-0.4, -0.2) is 27.5 Å². The highest BCUT2D eigenvalue weighted by Gasteiger charge is 2.19. The van der Waals surface area contributed by atoms with Crippen LogP contribution < -0.4 is 14.6 Å². The molecule has 0 aliphatic carbocycles. The summed E-state index contributed by atoms with van der Waals surface area (Å²) in [7, 11) is -2.57. The molecule has 1 N–H and O–H groups in total. The van der Waals surface area contributed by atoms with Gasteiger partial charge in [-0.05, 0) is 25.1 Å². The van der Waals surface area contributed by atoms with Crippen molar-refractivity contribution in [3.8, 4) is 5.75 Å². The van der Waals surface area contributed by atoms with Gasteiger partial charge in [0.15, 0.2) is 0 Å². The largest absolute Gasteiger partial charge is 0.548 e. The van der Waals surface area contributed by atoms with Gasteiger partial charge in [0.05, 0.1) is 29.0 Å². The second-order valence-electron chi connectivity index (χ2n) is 3.46. The average molecular weight is 293 g/mol. The molecule has 0 aromatic heterocycles. The Morgan fingerprint density at radius 1 is 1.50 bits per heavy atom. The first-order valence-corrected chi connectivity index (χ1v) is 6.71. The van der Waals surface area contributed by atoms with Crippen molar-refractivity contribution in [2.45, 2.75) is 17.9 Å². The minimum Gasteiger partial charge on any atom is -0.548 e. The summed E-state index contributed by atoms with van der Waals surface area (Å²) in [5.41, 5.74) is 0. The van der Waals surface area contributed by atoms with E-state index in [0.29, 0.717) is 5.75 Å². The van der Waals surface area contributed by atoms with Crippen LogP contribution in [0.15, 0.2) is 23.1 Å². The van der Waals surface area contributed by atoms with Crippen LogP contribution >= 0.6 is 11.6 Å². The Balaban J connectivity index is 3.06. The number of carboxylic acids is 1. The van der Waals surface area contributed by atoms with Gasteiger partial charge in [0.2, 0.25) is 10.0 Å². The lowest BCUT2D eigenvalue weighted by Crippen LogP contribution is -2.45. The number of nitrogens with one attached hydrogen (secondary N) is 1. The molecule has 0 spiro atoms. The van der Waals surface area contributed by atoms with E-state index in [2.05, 4.69) is 0 Å². The topological polar surface area (TPSA) is 95.5 Å². The number of benzene rings is 1. The van der Waals surface area contributed by atoms with Crippen LogP contribution in [0.4, 0.5) is 0 Å². The van der Waals surface area contributed by atoms with E-state index in [9.17, 15) is 18.3 Å². The summed E-state index contributed by atoms with van der Waals surface area (Å²) in [6.45, 7) is 1.16. The second-order valence-corrected chi connectivity index (χ2v) is 5.58. The summed E-state index contributed by atoms with van der Waals surface area (Å²) in [6, 6.07) is 2.47. The zero-order valence-electron chi connectivity index (χ0n) is 9.64. The van der Waals surface area contributed by atoms with Gasteiger partial charge in [0, 0.05) is 0 Å². The number of sulfonamides is 1. The zero-order chi connectivity index (χ0) is 13.9. The fourth-order valence-electron chi connectivity index (χ4n) is 1.16. The van der Waals surface area contributed by atoms with Gasteiger partial charge < -0.3 is 14.6 Å². The van der Waals surface area contributed by atoms with E-state index in [1.807, 2.05) is 4.72 Å². The van der Waals surface area contributed by atoms with E-state index in [0.717, 1.165) is 6.92 Å². The average Bonchev–Trinajstić information content (AvgIpc) is 2.28. The first kappa shape index (κ1) is 14.7. The molecule has 6 nitrogen and oxygen atoms in total. The van der Waals surface area contributed by atoms with Gasteiger partial charge in [-0.1, -0.05) is 11.6 Å². The molecule has 0 saturated heterocycles. The number of halogens is 1. The molecule has 0 aliphatic rings. The van der Waals surface area contributed by atoms with Crippen molar-refractivity contribution in [2.24, 2.45) is 0 Å². The molecule has 0 unspecified atom stereocenters. The minimum atomic E-state index is -3.96. The van der Waals surface area contributed by atoms with Crippen molar-refractivity contribution in [1.29, 1.82) is 0 Å². The van der Waals surface area contributed by atoms with Gasteiger partial charge in [-0.3, -0.25) is 0 Å². The number of rotatable bonds is 5. The maximum Gasteiger partial charge on any atom is 0.241 e. The molecule has 0 aliphatic heterocycles. The highest BCUT2D eigenvalue weighted by Crippen LogP contribution is 2.26. The molecule has 0 amide bonds. The lowest BCUT2D eigenvalue weighted by atomic mass is 10.3. The number of hydrogen-bond donors (Lipinski definition) is 1. The van der Waals surface area contributed by atoms with Gasteiger partial charge >= 0.3 is 0 Å². The van der Waals surface area contributed by atoms with Gasteiger partial charge in [0.25, 0.3) is 0 Å². The summed E-state index contributed by atoms with van der Waals surface area (Å²) < 4.78 is 30.4. The van der Waals surface area contributed by atoms with Crippen molar-refractivity contribution in [3.63, 3.8) is 0 Å². The molecule has 1 atom stereocenters. The van der Waals surface area contributed by atoms with Gasteiger partial charge in [-0.25, -0.2) is 13.1 Å². The Morgan fingerprint density at radius 3 is 2.56 bits per heavy atom. The molecule has 1 aromatic rings. The van der Waals surface area contributed by atoms with E-state index in [1.54, 1.807) is 0 Å². The fraction of sp³-hybridized carbons (Fsp3) is 0.300. The molecule has 0 radical (unpaired) electrons. The van der Waals surface area contributed by atoms with Crippen LogP contribution in [0.2, 0.25) is 5.02 Å². The Labute approximate surface area is 110 Å². The molecular weight excluding hydrogens is 282 g/mol. The molecule has 100 valence electrons. The van der Waals surface area contributed by atoms with Crippen molar-refractivity contribution in [3.05, 3.63) is 23.2 Å². The standard InChI is InChI=1S/C10H12ClNO5S/c1-6(10(13)14)12-18(15,16)7-3-4-9(17-2)8(11)5-7/h3-6,12H,1-2H3,(H,13,14)/p-1/t6-/m0/s1. The lowest BCUT2D eigenvalue weighted by molar-refractivity contribution is -0.307. The minimum absolute atomic E-state index is 0.112. The summed E-state index contributed by atoms with van der Waals surface area (Å²) >= 11 is 5.79. The van der Waals surface area contributed by atoms with E-state index in [-0.39, 0.29) is 9.92 Å². The normalized spacial score (nSPS) is 13.1. The third kappa shape index (κ3) is 3.34. The van der Waals surface area contributed by atoms with Gasteiger partial charge in [-0.2, -0.15) is 0 Å². The highest BCUT2D eigenvalue weighted by atomic mass is 35.5. The summed E-state index contributed by atoms with van der Waals surface area (Å²) in [5, 5.41) is 10.6. The molecule has 0 saturated carbocycles. The number of carbonyl (C=O) groups excluding carboxylic acids is 1. The van der Waals surface area contributed by atoms with Crippen molar-refractivity contribution in [2.75, 3.05) is 7.11 Å². The fourth-order valence-corrected chi connectivity index (χ4v) is 2.70.